The van der Waals surface area contributed by atoms with Crippen LogP contribution in [-0.2, 0) is 0 Å². The van der Waals surface area contributed by atoms with Crippen molar-refractivity contribution in [2.24, 2.45) is 11.8 Å². The molecule has 0 aromatic carbocycles. The molecule has 0 aliphatic heterocycles. The van der Waals surface area contributed by atoms with E-state index in [1.54, 1.807) is 10.8 Å². The van der Waals surface area contributed by atoms with Crippen molar-refractivity contribution in [2.75, 3.05) is 13.2 Å². The van der Waals surface area contributed by atoms with Crippen LogP contribution in [0.15, 0.2) is 10.8 Å². The van der Waals surface area contributed by atoms with E-state index in [1.165, 1.54) is 29.1 Å². The zero-order valence-corrected chi connectivity index (χ0v) is 18.6. The lowest BCUT2D eigenvalue weighted by Gasteiger charge is -2.12. The molecule has 4 nitrogen and oxygen atoms in total. The highest BCUT2D eigenvalue weighted by Crippen LogP contribution is 2.47. The highest BCUT2D eigenvalue weighted by molar-refractivity contribution is 7.21. The molecule has 2 aromatic rings. The van der Waals surface area contributed by atoms with Gasteiger partial charge in [-0.2, -0.15) is 10.5 Å². The van der Waals surface area contributed by atoms with Crippen molar-refractivity contribution in [3.8, 4) is 33.4 Å². The first-order chi connectivity index (χ1) is 12.9. The van der Waals surface area contributed by atoms with Crippen molar-refractivity contribution in [3.63, 3.8) is 0 Å². The van der Waals surface area contributed by atoms with E-state index in [1.807, 2.05) is 0 Å². The third-order valence-electron chi connectivity index (χ3n) is 3.06. The van der Waals surface area contributed by atoms with E-state index in [0.717, 1.165) is 9.75 Å². The number of nitrogens with zero attached hydrogens (tertiary/aromatic N) is 2. The van der Waals surface area contributed by atoms with E-state index in [-0.39, 0.29) is 0 Å². The smallest absolute Gasteiger partial charge is 0.156 e. The molecule has 0 spiro atoms. The average Bonchev–Trinajstić information content (AvgIpc) is 3.21. The van der Waals surface area contributed by atoms with E-state index in [2.05, 4.69) is 53.7 Å². The van der Waals surface area contributed by atoms with Gasteiger partial charge in [0, 0.05) is 10.8 Å². The molecule has 0 saturated carbocycles. The van der Waals surface area contributed by atoms with Gasteiger partial charge in [-0.3, -0.25) is 0 Å². The molecule has 0 N–H and O–H groups in total. The van der Waals surface area contributed by atoms with E-state index in [0.29, 0.717) is 47.7 Å². The molecule has 0 aliphatic carbocycles. The Kier molecular flexibility index (Phi) is 9.93. The molecule has 146 valence electrons. The molecule has 2 rings (SSSR count). The highest BCUT2D eigenvalue weighted by Gasteiger charge is 2.23. The Morgan fingerprint density at radius 3 is 1.41 bits per heavy atom. The maximum atomic E-state index is 9.34. The van der Waals surface area contributed by atoms with E-state index in [4.69, 9.17) is 9.47 Å². The minimum Gasteiger partial charge on any atom is -0.490 e. The summed E-state index contributed by atoms with van der Waals surface area (Å²) < 4.78 is 11.8. The number of hydrogen-bond acceptors (Lipinski definition) is 6. The van der Waals surface area contributed by atoms with Gasteiger partial charge in [0.25, 0.3) is 0 Å². The lowest BCUT2D eigenvalue weighted by atomic mass is 10.2. The average molecular weight is 405 g/mol. The molecule has 2 aromatic heterocycles. The quantitative estimate of drug-likeness (QED) is 0.514. The molecule has 2 heterocycles. The summed E-state index contributed by atoms with van der Waals surface area (Å²) in [6.07, 6.45) is 1.25. The Hall–Kier alpha value is -2.02. The molecule has 0 aliphatic rings. The molecule has 0 fully saturated rings. The van der Waals surface area contributed by atoms with Gasteiger partial charge < -0.3 is 9.47 Å². The van der Waals surface area contributed by atoms with Crippen molar-refractivity contribution in [2.45, 2.75) is 48.0 Å². The van der Waals surface area contributed by atoms with Crippen molar-refractivity contribution >= 4 is 22.7 Å². The van der Waals surface area contributed by atoms with Crippen LogP contribution in [0.5, 0.6) is 11.5 Å². The van der Waals surface area contributed by atoms with Crippen LogP contribution in [0.25, 0.3) is 9.75 Å². The Morgan fingerprint density at radius 1 is 0.815 bits per heavy atom. The van der Waals surface area contributed by atoms with Gasteiger partial charge in [0.15, 0.2) is 11.5 Å². The highest BCUT2D eigenvalue weighted by atomic mass is 32.1. The maximum absolute atomic E-state index is 9.34. The van der Waals surface area contributed by atoms with Crippen molar-refractivity contribution in [1.29, 1.82) is 10.5 Å². The van der Waals surface area contributed by atoms with E-state index >= 15 is 0 Å². The first-order valence-electron chi connectivity index (χ1n) is 9.18. The van der Waals surface area contributed by atoms with Gasteiger partial charge in [-0.15, -0.1) is 22.7 Å². The summed E-state index contributed by atoms with van der Waals surface area (Å²) in [4.78, 5) is 1.72. The molecular weight excluding hydrogens is 376 g/mol. The van der Waals surface area contributed by atoms with Crippen LogP contribution in [0.3, 0.4) is 0 Å². The first kappa shape index (κ1) is 23.0. The third kappa shape index (κ3) is 6.57. The Morgan fingerprint density at radius 2 is 1.15 bits per heavy atom. The largest absolute Gasteiger partial charge is 0.490 e. The van der Waals surface area contributed by atoms with Crippen LogP contribution in [0, 0.1) is 34.5 Å². The van der Waals surface area contributed by atoms with Gasteiger partial charge in [-0.1, -0.05) is 48.0 Å². The summed E-state index contributed by atoms with van der Waals surface area (Å²) in [7, 11) is 0. The second-order valence-corrected chi connectivity index (χ2v) is 8.71. The lowest BCUT2D eigenvalue weighted by molar-refractivity contribution is 0.269. The van der Waals surface area contributed by atoms with Crippen LogP contribution < -0.4 is 9.47 Å². The van der Waals surface area contributed by atoms with Crippen LogP contribution in [0.4, 0.5) is 0 Å². The van der Waals surface area contributed by atoms with Gasteiger partial charge >= 0.3 is 0 Å². The summed E-state index contributed by atoms with van der Waals surface area (Å²) >= 11 is 2.90. The number of hydrogen-bond donors (Lipinski definition) is 0. The molecule has 0 saturated heterocycles. The number of rotatable bonds is 7. The Bertz CT molecular complexity index is 726. The normalized spacial score (nSPS) is 10.1. The minimum absolute atomic E-state index is 0.360. The summed E-state index contributed by atoms with van der Waals surface area (Å²) in [6.45, 7) is 13.6. The predicted molar refractivity (Wildman–Crippen MR) is 114 cm³/mol. The first-order valence-corrected chi connectivity index (χ1v) is 10.9. The van der Waals surface area contributed by atoms with Crippen LogP contribution in [0.1, 0.15) is 59.1 Å². The van der Waals surface area contributed by atoms with E-state index in [9.17, 15) is 10.5 Å². The monoisotopic (exact) mass is 404 g/mol. The summed E-state index contributed by atoms with van der Waals surface area (Å²) in [5, 5.41) is 22.3. The third-order valence-corrected chi connectivity index (χ3v) is 5.15. The zero-order chi connectivity index (χ0) is 20.4. The summed E-state index contributed by atoms with van der Waals surface area (Å²) in [5.41, 5.74) is 1.05. The van der Waals surface area contributed by atoms with Gasteiger partial charge in [0.05, 0.1) is 23.0 Å². The maximum Gasteiger partial charge on any atom is 0.156 e. The van der Waals surface area contributed by atoms with Gasteiger partial charge in [0.1, 0.15) is 23.3 Å². The lowest BCUT2D eigenvalue weighted by Crippen LogP contribution is -2.06. The minimum atomic E-state index is 0.360. The second-order valence-electron chi connectivity index (χ2n) is 6.96. The number of thiophene rings is 2. The van der Waals surface area contributed by atoms with Crippen LogP contribution >= 0.6 is 22.7 Å². The number of ether oxygens (including phenoxy) is 2. The zero-order valence-electron chi connectivity index (χ0n) is 17.0. The molecule has 0 atom stereocenters. The topological polar surface area (TPSA) is 66.0 Å². The molecule has 6 heteroatoms. The molecule has 0 amide bonds. The molecule has 27 heavy (non-hydrogen) atoms. The summed E-state index contributed by atoms with van der Waals surface area (Å²) in [6, 6.07) is 4.37. The van der Waals surface area contributed by atoms with Crippen molar-refractivity contribution in [1.82, 2.24) is 0 Å². The Balaban J connectivity index is 0.00000114. The fourth-order valence-electron chi connectivity index (χ4n) is 1.95. The van der Waals surface area contributed by atoms with Crippen molar-refractivity contribution < 1.29 is 9.47 Å². The number of nitriles is 2. The SMILES string of the molecule is CC(C)COc1c(C#N)csc1-c1scc(C#N)c1OCC(C)C.CCC. The summed E-state index contributed by atoms with van der Waals surface area (Å²) in [5.74, 6) is 1.91. The van der Waals surface area contributed by atoms with Crippen LogP contribution in [-0.4, -0.2) is 13.2 Å². The fraction of sp³-hybridized carbons (Fsp3) is 0.524. The van der Waals surface area contributed by atoms with E-state index < -0.39 is 0 Å². The van der Waals surface area contributed by atoms with Gasteiger partial charge in [-0.25, -0.2) is 0 Å². The molecule has 0 unspecified atom stereocenters. The molecule has 0 bridgehead atoms. The molecular formula is C21H28N2O2S2. The van der Waals surface area contributed by atoms with Gasteiger partial charge in [0.2, 0.25) is 0 Å². The predicted octanol–water partition coefficient (Wildman–Crippen LogP) is 6.71. The van der Waals surface area contributed by atoms with Crippen molar-refractivity contribution in [3.05, 3.63) is 21.9 Å². The van der Waals surface area contributed by atoms with Crippen LogP contribution in [0.2, 0.25) is 0 Å². The standard InChI is InChI=1S/C18H20N2O2S2.C3H8/c1-11(2)7-21-15-13(5-19)9-23-17(15)18-16(22-8-12(3)4)14(6-20)10-24-18;1-3-2/h9-12H,7-8H2,1-4H3;3H2,1-2H3. The Labute approximate surface area is 171 Å². The fourth-order valence-corrected chi connectivity index (χ4v) is 3.98. The second kappa shape index (κ2) is 11.6. The van der Waals surface area contributed by atoms with Gasteiger partial charge in [-0.05, 0) is 11.8 Å². The molecule has 0 radical (unpaired) electrons.